The minimum Gasteiger partial charge on any atom is -0.454 e. The quantitative estimate of drug-likeness (QED) is 0.685. The molecule has 0 radical (unpaired) electrons. The van der Waals surface area contributed by atoms with Crippen molar-refractivity contribution in [2.75, 3.05) is 6.79 Å². The van der Waals surface area contributed by atoms with Crippen LogP contribution in [0, 0.1) is 0 Å². The maximum absolute atomic E-state index is 11.9. The number of carbonyl (C=O) groups excluding carboxylic acids is 1. The highest BCUT2D eigenvalue weighted by Gasteiger charge is 2.15. The minimum absolute atomic E-state index is 0.187. The molecule has 0 aromatic heterocycles. The highest BCUT2D eigenvalue weighted by atomic mass is 16.7. The molecular formula is C15H12N2O3. The molecule has 1 heterocycles. The summed E-state index contributed by atoms with van der Waals surface area (Å²) in [7, 11) is 0. The van der Waals surface area contributed by atoms with Crippen LogP contribution in [0.2, 0.25) is 0 Å². The third-order valence-electron chi connectivity index (χ3n) is 2.81. The number of nitrogens with one attached hydrogen (secondary N) is 1. The van der Waals surface area contributed by atoms with Crippen LogP contribution in [0.5, 0.6) is 11.5 Å². The van der Waals surface area contributed by atoms with Crippen LogP contribution in [0.15, 0.2) is 53.6 Å². The van der Waals surface area contributed by atoms with Crippen molar-refractivity contribution in [1.29, 1.82) is 0 Å². The van der Waals surface area contributed by atoms with Crippen molar-refractivity contribution in [1.82, 2.24) is 5.43 Å². The molecule has 2 aromatic rings. The first-order chi connectivity index (χ1) is 9.83. The third kappa shape index (κ3) is 2.61. The van der Waals surface area contributed by atoms with E-state index in [9.17, 15) is 4.79 Å². The predicted octanol–water partition coefficient (Wildman–Crippen LogP) is 2.18. The van der Waals surface area contributed by atoms with Crippen molar-refractivity contribution in [3.8, 4) is 11.5 Å². The van der Waals surface area contributed by atoms with Gasteiger partial charge in [-0.25, -0.2) is 5.43 Å². The molecule has 5 heteroatoms. The van der Waals surface area contributed by atoms with Crippen molar-refractivity contribution in [2.45, 2.75) is 0 Å². The zero-order valence-corrected chi connectivity index (χ0v) is 10.6. The van der Waals surface area contributed by atoms with E-state index in [0.29, 0.717) is 17.1 Å². The van der Waals surface area contributed by atoms with Gasteiger partial charge in [0.2, 0.25) is 6.79 Å². The fourth-order valence-corrected chi connectivity index (χ4v) is 1.81. The van der Waals surface area contributed by atoms with Crippen molar-refractivity contribution < 1.29 is 14.3 Å². The average Bonchev–Trinajstić information content (AvgIpc) is 2.95. The van der Waals surface area contributed by atoms with Crippen LogP contribution < -0.4 is 14.9 Å². The molecule has 1 aliphatic rings. The molecule has 0 spiro atoms. The third-order valence-corrected chi connectivity index (χ3v) is 2.81. The maximum atomic E-state index is 11.9. The second kappa shape index (κ2) is 5.44. The zero-order chi connectivity index (χ0) is 13.8. The van der Waals surface area contributed by atoms with Crippen molar-refractivity contribution in [2.24, 2.45) is 5.10 Å². The molecule has 20 heavy (non-hydrogen) atoms. The summed E-state index contributed by atoms with van der Waals surface area (Å²) >= 11 is 0. The van der Waals surface area contributed by atoms with Gasteiger partial charge in [0.25, 0.3) is 5.91 Å². The molecule has 0 fully saturated rings. The lowest BCUT2D eigenvalue weighted by Gasteiger charge is -2.01. The van der Waals surface area contributed by atoms with Gasteiger partial charge in [-0.05, 0) is 23.8 Å². The highest BCUT2D eigenvalue weighted by molar-refractivity contribution is 5.95. The Kier molecular flexibility index (Phi) is 3.33. The molecule has 1 aliphatic heterocycles. The summed E-state index contributed by atoms with van der Waals surface area (Å²) < 4.78 is 10.4. The molecule has 0 saturated carbocycles. The number of benzene rings is 2. The van der Waals surface area contributed by atoms with E-state index in [1.165, 1.54) is 0 Å². The van der Waals surface area contributed by atoms with Gasteiger partial charge >= 0.3 is 0 Å². The van der Waals surface area contributed by atoms with E-state index in [1.807, 2.05) is 30.3 Å². The molecule has 2 aromatic carbocycles. The molecule has 100 valence electrons. The lowest BCUT2D eigenvalue weighted by molar-refractivity contribution is 0.0954. The summed E-state index contributed by atoms with van der Waals surface area (Å²) in [6.45, 7) is 0.187. The number of carbonyl (C=O) groups is 1. The van der Waals surface area contributed by atoms with Gasteiger partial charge in [-0.3, -0.25) is 4.79 Å². The van der Waals surface area contributed by atoms with Crippen molar-refractivity contribution in [3.63, 3.8) is 0 Å². The van der Waals surface area contributed by atoms with Gasteiger partial charge in [-0.1, -0.05) is 30.3 Å². The lowest BCUT2D eigenvalue weighted by atomic mass is 10.2. The Morgan fingerprint density at radius 3 is 2.75 bits per heavy atom. The van der Waals surface area contributed by atoms with Gasteiger partial charge in [0.1, 0.15) is 0 Å². The van der Waals surface area contributed by atoms with Gasteiger partial charge < -0.3 is 9.47 Å². The summed E-state index contributed by atoms with van der Waals surface area (Å²) in [6, 6.07) is 14.5. The molecule has 0 bridgehead atoms. The Morgan fingerprint density at radius 1 is 1.10 bits per heavy atom. The number of amides is 1. The van der Waals surface area contributed by atoms with E-state index in [2.05, 4.69) is 10.5 Å². The molecule has 3 rings (SSSR count). The molecule has 1 amide bonds. The van der Waals surface area contributed by atoms with Crippen LogP contribution in [0.25, 0.3) is 0 Å². The average molecular weight is 268 g/mol. The summed E-state index contributed by atoms with van der Waals surface area (Å²) in [5.74, 6) is 0.925. The van der Waals surface area contributed by atoms with E-state index < -0.39 is 0 Å². The number of rotatable bonds is 3. The van der Waals surface area contributed by atoms with Crippen molar-refractivity contribution in [3.05, 3.63) is 59.7 Å². The first-order valence-electron chi connectivity index (χ1n) is 6.11. The molecule has 5 nitrogen and oxygen atoms in total. The number of hydrazone groups is 1. The summed E-state index contributed by atoms with van der Waals surface area (Å²) in [5.41, 5.74) is 3.86. The lowest BCUT2D eigenvalue weighted by Crippen LogP contribution is -2.17. The fraction of sp³-hybridized carbons (Fsp3) is 0.0667. The Morgan fingerprint density at radius 2 is 1.90 bits per heavy atom. The van der Waals surface area contributed by atoms with Crippen LogP contribution in [0.3, 0.4) is 0 Å². The summed E-state index contributed by atoms with van der Waals surface area (Å²) in [6.07, 6.45) is 1.59. The maximum Gasteiger partial charge on any atom is 0.271 e. The highest BCUT2D eigenvalue weighted by Crippen LogP contribution is 2.32. The van der Waals surface area contributed by atoms with Crippen LogP contribution in [0.1, 0.15) is 15.9 Å². The number of ether oxygens (including phenoxy) is 2. The zero-order valence-electron chi connectivity index (χ0n) is 10.6. The van der Waals surface area contributed by atoms with Crippen LogP contribution in [-0.2, 0) is 0 Å². The van der Waals surface area contributed by atoms with E-state index in [0.717, 1.165) is 5.56 Å². The largest absolute Gasteiger partial charge is 0.454 e. The Labute approximate surface area is 115 Å². The number of fused-ring (bicyclic) bond motifs is 1. The Bertz CT molecular complexity index is 653. The normalized spacial score (nSPS) is 12.6. The molecule has 0 aliphatic carbocycles. The SMILES string of the molecule is O=C(N/N=C\c1ccccc1)c1ccc2c(c1)OCO2. The van der Waals surface area contributed by atoms with Gasteiger partial charge in [0.05, 0.1) is 6.21 Å². The van der Waals surface area contributed by atoms with Crippen LogP contribution in [0.4, 0.5) is 0 Å². The van der Waals surface area contributed by atoms with Crippen LogP contribution in [-0.4, -0.2) is 18.9 Å². The van der Waals surface area contributed by atoms with Gasteiger partial charge in [0.15, 0.2) is 11.5 Å². The van der Waals surface area contributed by atoms with Crippen molar-refractivity contribution >= 4 is 12.1 Å². The fourth-order valence-electron chi connectivity index (χ4n) is 1.81. The second-order valence-electron chi connectivity index (χ2n) is 4.18. The number of nitrogens with zero attached hydrogens (tertiary/aromatic N) is 1. The Balaban J connectivity index is 1.66. The summed E-state index contributed by atoms with van der Waals surface area (Å²) in [4.78, 5) is 11.9. The molecular weight excluding hydrogens is 256 g/mol. The van der Waals surface area contributed by atoms with E-state index >= 15 is 0 Å². The molecule has 0 atom stereocenters. The second-order valence-corrected chi connectivity index (χ2v) is 4.18. The monoisotopic (exact) mass is 268 g/mol. The number of hydrogen-bond donors (Lipinski definition) is 1. The van der Waals surface area contributed by atoms with E-state index in [1.54, 1.807) is 24.4 Å². The smallest absolute Gasteiger partial charge is 0.271 e. The predicted molar refractivity (Wildman–Crippen MR) is 74.1 cm³/mol. The van der Waals surface area contributed by atoms with Gasteiger partial charge in [-0.2, -0.15) is 5.10 Å². The Hall–Kier alpha value is -2.82. The molecule has 0 saturated heterocycles. The molecule has 0 unspecified atom stereocenters. The van der Waals surface area contributed by atoms with Crippen LogP contribution >= 0.6 is 0 Å². The van der Waals surface area contributed by atoms with E-state index in [4.69, 9.17) is 9.47 Å². The standard InChI is InChI=1S/C15H12N2O3/c18-15(17-16-9-11-4-2-1-3-5-11)12-6-7-13-14(8-12)20-10-19-13/h1-9H,10H2,(H,17,18)/b16-9-. The first kappa shape index (κ1) is 12.2. The van der Waals surface area contributed by atoms with E-state index in [-0.39, 0.29) is 12.7 Å². The summed E-state index contributed by atoms with van der Waals surface area (Å²) in [5, 5.41) is 3.91. The molecule has 1 N–H and O–H groups in total. The van der Waals surface area contributed by atoms with Gasteiger partial charge in [0, 0.05) is 5.56 Å². The van der Waals surface area contributed by atoms with Gasteiger partial charge in [-0.15, -0.1) is 0 Å². The minimum atomic E-state index is -0.296. The first-order valence-corrected chi connectivity index (χ1v) is 6.11. The number of hydrogen-bond acceptors (Lipinski definition) is 4. The topological polar surface area (TPSA) is 59.9 Å².